The normalized spacial score (nSPS) is 11.1. The minimum absolute atomic E-state index is 0.269. The fraction of sp³-hybridized carbons (Fsp3) is 0.0909. The summed E-state index contributed by atoms with van der Waals surface area (Å²) in [5, 5.41) is 16.6. The molecular weight excluding hydrogens is 222 g/mol. The van der Waals surface area contributed by atoms with E-state index in [1.807, 2.05) is 24.7 Å². The molecular formula is C11H9N3OS. The van der Waals surface area contributed by atoms with E-state index in [9.17, 15) is 5.11 Å². The van der Waals surface area contributed by atoms with Gasteiger partial charge in [-0.05, 0) is 29.2 Å². The van der Waals surface area contributed by atoms with Gasteiger partial charge in [-0.25, -0.2) is 0 Å². The molecule has 0 saturated carbocycles. The van der Waals surface area contributed by atoms with Crippen molar-refractivity contribution >= 4 is 22.4 Å². The topological polar surface area (TPSA) is 50.9 Å². The highest BCUT2D eigenvalue weighted by atomic mass is 32.1. The number of aromatic nitrogens is 3. The molecule has 3 rings (SSSR count). The van der Waals surface area contributed by atoms with Crippen LogP contribution in [0.15, 0.2) is 29.9 Å². The second-order valence-corrected chi connectivity index (χ2v) is 4.27. The van der Waals surface area contributed by atoms with Crippen LogP contribution >= 0.6 is 11.5 Å². The van der Waals surface area contributed by atoms with Crippen molar-refractivity contribution in [3.8, 4) is 16.9 Å². The molecule has 2 aromatic heterocycles. The number of aromatic hydroxyl groups is 1. The third-order valence-electron chi connectivity index (χ3n) is 2.50. The largest absolute Gasteiger partial charge is 0.507 e. The number of hydrogen-bond donors (Lipinski definition) is 1. The van der Waals surface area contributed by atoms with Crippen molar-refractivity contribution in [2.75, 3.05) is 0 Å². The summed E-state index contributed by atoms with van der Waals surface area (Å²) in [6.45, 7) is 0. The molecule has 1 aromatic carbocycles. The standard InChI is InChI=1S/C11H9N3OS/c1-14-5-8(4-12-14)7-2-10-9(6-16-13-10)11(15)3-7/h2-6,15H,1H3. The van der Waals surface area contributed by atoms with Crippen molar-refractivity contribution in [2.24, 2.45) is 7.05 Å². The molecule has 0 aliphatic heterocycles. The van der Waals surface area contributed by atoms with Crippen molar-refractivity contribution in [1.29, 1.82) is 0 Å². The van der Waals surface area contributed by atoms with Crippen LogP contribution in [0.4, 0.5) is 0 Å². The molecule has 2 heterocycles. The van der Waals surface area contributed by atoms with Crippen molar-refractivity contribution < 1.29 is 5.11 Å². The quantitative estimate of drug-likeness (QED) is 0.699. The van der Waals surface area contributed by atoms with E-state index in [4.69, 9.17) is 0 Å². The molecule has 4 nitrogen and oxygen atoms in total. The average molecular weight is 231 g/mol. The van der Waals surface area contributed by atoms with Crippen molar-refractivity contribution in [2.45, 2.75) is 0 Å². The summed E-state index contributed by atoms with van der Waals surface area (Å²) < 4.78 is 5.96. The van der Waals surface area contributed by atoms with Gasteiger partial charge >= 0.3 is 0 Å². The third kappa shape index (κ3) is 1.37. The number of phenolic OH excluding ortho intramolecular Hbond substituents is 1. The Morgan fingerprint density at radius 3 is 2.94 bits per heavy atom. The predicted octanol–water partition coefficient (Wildman–Crippen LogP) is 2.40. The molecule has 5 heteroatoms. The molecule has 16 heavy (non-hydrogen) atoms. The molecule has 0 radical (unpaired) electrons. The van der Waals surface area contributed by atoms with Gasteiger partial charge in [0.2, 0.25) is 0 Å². The van der Waals surface area contributed by atoms with E-state index in [0.717, 1.165) is 22.0 Å². The lowest BCUT2D eigenvalue weighted by Gasteiger charge is -1.99. The van der Waals surface area contributed by atoms with Gasteiger partial charge in [0.25, 0.3) is 0 Å². The number of nitrogens with zero attached hydrogens (tertiary/aromatic N) is 3. The van der Waals surface area contributed by atoms with Gasteiger partial charge in [-0.3, -0.25) is 4.68 Å². The van der Waals surface area contributed by atoms with Crippen LogP contribution in [0.25, 0.3) is 22.0 Å². The van der Waals surface area contributed by atoms with Gasteiger partial charge in [-0.1, -0.05) is 0 Å². The summed E-state index contributed by atoms with van der Waals surface area (Å²) in [6, 6.07) is 3.70. The molecule has 0 unspecified atom stereocenters. The summed E-state index contributed by atoms with van der Waals surface area (Å²) >= 11 is 1.35. The molecule has 0 spiro atoms. The summed E-state index contributed by atoms with van der Waals surface area (Å²) in [7, 11) is 1.87. The van der Waals surface area contributed by atoms with Gasteiger partial charge in [0.1, 0.15) is 5.75 Å². The van der Waals surface area contributed by atoms with Gasteiger partial charge in [0.15, 0.2) is 0 Å². The third-order valence-corrected chi connectivity index (χ3v) is 3.14. The Kier molecular flexibility index (Phi) is 1.94. The Morgan fingerprint density at radius 2 is 2.19 bits per heavy atom. The highest BCUT2D eigenvalue weighted by Crippen LogP contribution is 2.31. The zero-order chi connectivity index (χ0) is 11.1. The Bertz CT molecular complexity index is 656. The number of rotatable bonds is 1. The van der Waals surface area contributed by atoms with Crippen LogP contribution in [0.5, 0.6) is 5.75 Å². The van der Waals surface area contributed by atoms with Crippen LogP contribution in [0.1, 0.15) is 0 Å². The van der Waals surface area contributed by atoms with Crippen molar-refractivity contribution in [1.82, 2.24) is 14.2 Å². The molecule has 0 atom stereocenters. The number of benzene rings is 1. The first kappa shape index (κ1) is 9.35. The Hall–Kier alpha value is -1.88. The lowest BCUT2D eigenvalue weighted by atomic mass is 10.1. The van der Waals surface area contributed by atoms with Gasteiger partial charge in [0, 0.05) is 24.2 Å². The van der Waals surface area contributed by atoms with Crippen LogP contribution in [0.2, 0.25) is 0 Å². The zero-order valence-electron chi connectivity index (χ0n) is 8.58. The monoisotopic (exact) mass is 231 g/mol. The molecule has 0 amide bonds. The highest BCUT2D eigenvalue weighted by Gasteiger charge is 2.07. The van der Waals surface area contributed by atoms with E-state index in [1.165, 1.54) is 11.5 Å². The van der Waals surface area contributed by atoms with Gasteiger partial charge in [-0.2, -0.15) is 9.47 Å². The summed E-state index contributed by atoms with van der Waals surface area (Å²) in [5.41, 5.74) is 2.74. The van der Waals surface area contributed by atoms with Crippen LogP contribution in [0, 0.1) is 0 Å². The highest BCUT2D eigenvalue weighted by molar-refractivity contribution is 7.04. The van der Waals surface area contributed by atoms with E-state index in [0.29, 0.717) is 0 Å². The van der Waals surface area contributed by atoms with Crippen LogP contribution in [0.3, 0.4) is 0 Å². The van der Waals surface area contributed by atoms with Gasteiger partial charge in [-0.15, -0.1) is 0 Å². The maximum atomic E-state index is 9.85. The molecule has 80 valence electrons. The SMILES string of the molecule is Cn1cc(-c2cc(O)c3csnc3c2)cn1. The fourth-order valence-electron chi connectivity index (χ4n) is 1.69. The first-order valence-electron chi connectivity index (χ1n) is 4.80. The zero-order valence-corrected chi connectivity index (χ0v) is 9.40. The van der Waals surface area contributed by atoms with Gasteiger partial charge < -0.3 is 5.11 Å². The minimum atomic E-state index is 0.269. The molecule has 0 bridgehead atoms. The lowest BCUT2D eigenvalue weighted by molar-refractivity contribution is 0.482. The summed E-state index contributed by atoms with van der Waals surface area (Å²) in [4.78, 5) is 0. The maximum Gasteiger partial charge on any atom is 0.126 e. The Labute approximate surface area is 95.9 Å². The maximum absolute atomic E-state index is 9.85. The first-order chi connectivity index (χ1) is 7.74. The molecule has 0 aliphatic carbocycles. The molecule has 0 fully saturated rings. The molecule has 1 N–H and O–H groups in total. The first-order valence-corrected chi connectivity index (χ1v) is 5.64. The van der Waals surface area contributed by atoms with E-state index < -0.39 is 0 Å². The number of aryl methyl sites for hydroxylation is 1. The summed E-state index contributed by atoms with van der Waals surface area (Å²) in [6.07, 6.45) is 3.68. The van der Waals surface area contributed by atoms with E-state index in [-0.39, 0.29) is 5.75 Å². The van der Waals surface area contributed by atoms with E-state index in [1.54, 1.807) is 16.9 Å². The second-order valence-electron chi connectivity index (χ2n) is 3.65. The average Bonchev–Trinajstić information content (AvgIpc) is 2.85. The van der Waals surface area contributed by atoms with Crippen LogP contribution < -0.4 is 0 Å². The Morgan fingerprint density at radius 1 is 1.31 bits per heavy atom. The van der Waals surface area contributed by atoms with E-state index in [2.05, 4.69) is 9.47 Å². The smallest absolute Gasteiger partial charge is 0.126 e. The van der Waals surface area contributed by atoms with E-state index >= 15 is 0 Å². The predicted molar refractivity (Wildman–Crippen MR) is 63.5 cm³/mol. The van der Waals surface area contributed by atoms with Gasteiger partial charge in [0.05, 0.1) is 17.1 Å². The van der Waals surface area contributed by atoms with Crippen molar-refractivity contribution in [3.05, 3.63) is 29.9 Å². The lowest BCUT2D eigenvalue weighted by Crippen LogP contribution is -1.84. The number of phenols is 1. The summed E-state index contributed by atoms with van der Waals surface area (Å²) in [5.74, 6) is 0.269. The molecule has 0 saturated heterocycles. The fourth-order valence-corrected chi connectivity index (χ4v) is 2.36. The second kappa shape index (κ2) is 3.31. The number of hydrogen-bond acceptors (Lipinski definition) is 4. The molecule has 0 aliphatic rings. The van der Waals surface area contributed by atoms with Crippen LogP contribution in [-0.4, -0.2) is 19.3 Å². The van der Waals surface area contributed by atoms with Crippen LogP contribution in [-0.2, 0) is 7.05 Å². The molecule has 3 aromatic rings. The van der Waals surface area contributed by atoms with Crippen molar-refractivity contribution in [3.63, 3.8) is 0 Å². The minimum Gasteiger partial charge on any atom is -0.507 e. The Balaban J connectivity index is 2.24. The number of fused-ring (bicyclic) bond motifs is 1.